The third-order valence-corrected chi connectivity index (χ3v) is 11.3. The summed E-state index contributed by atoms with van der Waals surface area (Å²) < 4.78 is 16.8. The van der Waals surface area contributed by atoms with E-state index in [0.29, 0.717) is 19.3 Å². The van der Waals surface area contributed by atoms with E-state index in [9.17, 15) is 14.4 Å². The minimum atomic E-state index is -0.786. The Morgan fingerprint density at radius 1 is 0.344 bits per heavy atom. The zero-order valence-corrected chi connectivity index (χ0v) is 40.4. The van der Waals surface area contributed by atoms with E-state index in [2.05, 4.69) is 69.4 Å². The summed E-state index contributed by atoms with van der Waals surface area (Å²) >= 11 is 0. The first-order chi connectivity index (χ1) is 30.0. The third-order valence-electron chi connectivity index (χ3n) is 11.3. The third kappa shape index (κ3) is 48.3. The summed E-state index contributed by atoms with van der Waals surface area (Å²) in [5, 5.41) is 0. The van der Waals surface area contributed by atoms with Crippen LogP contribution in [0.2, 0.25) is 0 Å². The number of rotatable bonds is 47. The van der Waals surface area contributed by atoms with E-state index in [0.717, 1.165) is 83.5 Å². The highest BCUT2D eigenvalue weighted by molar-refractivity contribution is 5.71. The van der Waals surface area contributed by atoms with Crippen molar-refractivity contribution in [3.05, 3.63) is 48.6 Å². The molecule has 1 unspecified atom stereocenters. The molecule has 0 bridgehead atoms. The lowest BCUT2D eigenvalue weighted by Crippen LogP contribution is -2.30. The number of carbonyl (C=O) groups is 3. The van der Waals surface area contributed by atoms with Crippen molar-refractivity contribution in [2.24, 2.45) is 0 Å². The summed E-state index contributed by atoms with van der Waals surface area (Å²) in [6.07, 6.45) is 59.5. The molecule has 6 heteroatoms. The first-order valence-electron chi connectivity index (χ1n) is 26.2. The van der Waals surface area contributed by atoms with Crippen molar-refractivity contribution < 1.29 is 28.6 Å². The number of hydrogen-bond acceptors (Lipinski definition) is 6. The Morgan fingerprint density at radius 3 is 1.05 bits per heavy atom. The van der Waals surface area contributed by atoms with Gasteiger partial charge in [0.15, 0.2) is 6.10 Å². The van der Waals surface area contributed by atoms with Crippen molar-refractivity contribution in [1.82, 2.24) is 0 Å². The number of allylic oxidation sites excluding steroid dienone is 8. The summed E-state index contributed by atoms with van der Waals surface area (Å²) in [6, 6.07) is 0. The molecule has 0 fully saturated rings. The van der Waals surface area contributed by atoms with Gasteiger partial charge in [-0.05, 0) is 77.0 Å². The first-order valence-corrected chi connectivity index (χ1v) is 26.2. The SMILES string of the molecule is CCCCC/C=C\C/C=C\CCCCCCCCCC(=O)OCC(COC(=O)CCCCCCCCCCCC)OC(=O)CCCCC/C=C\C=C/CCCCCCCCC. The molecule has 0 aliphatic carbocycles. The molecule has 0 amide bonds. The van der Waals surface area contributed by atoms with Gasteiger partial charge >= 0.3 is 17.9 Å². The van der Waals surface area contributed by atoms with Gasteiger partial charge in [-0.1, -0.05) is 217 Å². The molecule has 0 N–H and O–H groups in total. The monoisotopic (exact) mass is 855 g/mol. The summed E-state index contributed by atoms with van der Waals surface area (Å²) in [6.45, 7) is 6.58. The van der Waals surface area contributed by atoms with Crippen LogP contribution in [0.5, 0.6) is 0 Å². The summed E-state index contributed by atoms with van der Waals surface area (Å²) in [4.78, 5) is 37.9. The molecule has 0 aromatic heterocycles. The van der Waals surface area contributed by atoms with Crippen LogP contribution in [0, 0.1) is 0 Å². The smallest absolute Gasteiger partial charge is 0.306 e. The predicted molar refractivity (Wildman–Crippen MR) is 261 cm³/mol. The lowest BCUT2D eigenvalue weighted by Gasteiger charge is -2.18. The minimum absolute atomic E-state index is 0.0845. The zero-order chi connectivity index (χ0) is 44.4. The highest BCUT2D eigenvalue weighted by Crippen LogP contribution is 2.14. The molecule has 0 aliphatic heterocycles. The van der Waals surface area contributed by atoms with E-state index in [1.165, 1.54) is 141 Å². The normalized spacial score (nSPS) is 12.4. The number of unbranched alkanes of at least 4 members (excludes halogenated alkanes) is 29. The lowest BCUT2D eigenvalue weighted by atomic mass is 10.1. The zero-order valence-electron chi connectivity index (χ0n) is 40.4. The van der Waals surface area contributed by atoms with Crippen LogP contribution < -0.4 is 0 Å². The number of esters is 3. The van der Waals surface area contributed by atoms with Gasteiger partial charge in [-0.15, -0.1) is 0 Å². The van der Waals surface area contributed by atoms with Crippen LogP contribution in [-0.2, 0) is 28.6 Å². The van der Waals surface area contributed by atoms with E-state index in [1.54, 1.807) is 0 Å². The fraction of sp³-hybridized carbons (Fsp3) is 0.800. The van der Waals surface area contributed by atoms with E-state index >= 15 is 0 Å². The standard InChI is InChI=1S/C55H98O6/c1-4-7-10-13-16-19-22-24-26-28-30-31-33-36-39-42-45-48-54(57)60-51-52(50-59-53(56)47-44-41-38-35-21-18-15-12-9-6-3)61-55(58)49-46-43-40-37-34-32-29-27-25-23-20-17-14-11-8-5-2/h16,19,24,26-27,29,32,34,52H,4-15,17-18,20-23,25,28,30-31,33,35-51H2,1-3H3/b19-16-,26-24-,29-27-,34-32-. The van der Waals surface area contributed by atoms with Gasteiger partial charge in [0.25, 0.3) is 0 Å². The highest BCUT2D eigenvalue weighted by atomic mass is 16.6. The first kappa shape index (κ1) is 58.4. The van der Waals surface area contributed by atoms with E-state index in [-0.39, 0.29) is 31.1 Å². The molecule has 0 aliphatic rings. The predicted octanol–water partition coefficient (Wildman–Crippen LogP) is 17.1. The van der Waals surface area contributed by atoms with Gasteiger partial charge in [0, 0.05) is 19.3 Å². The maximum absolute atomic E-state index is 12.8. The second kappa shape index (κ2) is 50.0. The molecule has 1 atom stereocenters. The Bertz CT molecular complexity index is 1070. The Kier molecular flexibility index (Phi) is 47.9. The van der Waals surface area contributed by atoms with Crippen LogP contribution in [0.4, 0.5) is 0 Å². The van der Waals surface area contributed by atoms with Gasteiger partial charge in [0.05, 0.1) is 0 Å². The van der Waals surface area contributed by atoms with Gasteiger partial charge in [0.1, 0.15) is 13.2 Å². The topological polar surface area (TPSA) is 78.9 Å². The van der Waals surface area contributed by atoms with Crippen LogP contribution in [0.15, 0.2) is 48.6 Å². The molecule has 354 valence electrons. The van der Waals surface area contributed by atoms with Crippen molar-refractivity contribution >= 4 is 17.9 Å². The largest absolute Gasteiger partial charge is 0.462 e. The van der Waals surface area contributed by atoms with Crippen LogP contribution in [0.3, 0.4) is 0 Å². The van der Waals surface area contributed by atoms with Gasteiger partial charge in [-0.2, -0.15) is 0 Å². The number of ether oxygens (including phenoxy) is 3. The van der Waals surface area contributed by atoms with Crippen molar-refractivity contribution in [3.8, 4) is 0 Å². The quantitative estimate of drug-likeness (QED) is 0.0199. The Hall–Kier alpha value is -2.63. The molecule has 0 rings (SSSR count). The molecular weight excluding hydrogens is 757 g/mol. The highest BCUT2D eigenvalue weighted by Gasteiger charge is 2.19. The lowest BCUT2D eigenvalue weighted by molar-refractivity contribution is -0.167. The van der Waals surface area contributed by atoms with Crippen molar-refractivity contribution in [3.63, 3.8) is 0 Å². The molecule has 0 heterocycles. The Balaban J connectivity index is 4.39. The second-order valence-corrected chi connectivity index (χ2v) is 17.5. The fourth-order valence-electron chi connectivity index (χ4n) is 7.35. The average molecular weight is 855 g/mol. The van der Waals surface area contributed by atoms with Crippen LogP contribution in [0.25, 0.3) is 0 Å². The number of carbonyl (C=O) groups excluding carboxylic acids is 3. The summed E-state index contributed by atoms with van der Waals surface area (Å²) in [7, 11) is 0. The summed E-state index contributed by atoms with van der Waals surface area (Å²) in [5.74, 6) is -0.914. The molecule has 0 saturated heterocycles. The van der Waals surface area contributed by atoms with E-state index < -0.39 is 6.10 Å². The molecule has 0 saturated carbocycles. The molecule has 0 aromatic rings. The van der Waals surface area contributed by atoms with Gasteiger partial charge in [0.2, 0.25) is 0 Å². The molecular formula is C55H98O6. The van der Waals surface area contributed by atoms with Crippen LogP contribution in [-0.4, -0.2) is 37.2 Å². The van der Waals surface area contributed by atoms with Crippen LogP contribution >= 0.6 is 0 Å². The molecule has 0 radical (unpaired) electrons. The van der Waals surface area contributed by atoms with Gasteiger partial charge in [-0.3, -0.25) is 14.4 Å². The minimum Gasteiger partial charge on any atom is -0.462 e. The Labute approximate surface area is 378 Å². The van der Waals surface area contributed by atoms with Crippen molar-refractivity contribution in [2.75, 3.05) is 13.2 Å². The maximum atomic E-state index is 12.8. The average Bonchev–Trinajstić information content (AvgIpc) is 3.26. The van der Waals surface area contributed by atoms with E-state index in [4.69, 9.17) is 14.2 Å². The molecule has 0 spiro atoms. The Morgan fingerprint density at radius 2 is 0.639 bits per heavy atom. The maximum Gasteiger partial charge on any atom is 0.306 e. The van der Waals surface area contributed by atoms with Crippen LogP contribution in [0.1, 0.15) is 265 Å². The fourth-order valence-corrected chi connectivity index (χ4v) is 7.35. The molecule has 61 heavy (non-hydrogen) atoms. The van der Waals surface area contributed by atoms with Gasteiger partial charge < -0.3 is 14.2 Å². The van der Waals surface area contributed by atoms with E-state index in [1.807, 2.05) is 0 Å². The summed E-state index contributed by atoms with van der Waals surface area (Å²) in [5.41, 5.74) is 0. The van der Waals surface area contributed by atoms with Crippen molar-refractivity contribution in [2.45, 2.75) is 271 Å². The second-order valence-electron chi connectivity index (χ2n) is 17.5. The van der Waals surface area contributed by atoms with Crippen molar-refractivity contribution in [1.29, 1.82) is 0 Å². The van der Waals surface area contributed by atoms with Gasteiger partial charge in [-0.25, -0.2) is 0 Å². The number of hydrogen-bond donors (Lipinski definition) is 0. The molecule has 6 nitrogen and oxygen atoms in total. The molecule has 0 aromatic carbocycles.